The Balaban J connectivity index is 2.10. The normalized spacial score (nSPS) is 10.7. The Hall–Kier alpha value is -1.83. The van der Waals surface area contributed by atoms with Crippen molar-refractivity contribution in [1.82, 2.24) is 9.55 Å². The number of nitriles is 1. The maximum atomic E-state index is 9.06. The van der Waals surface area contributed by atoms with E-state index >= 15 is 0 Å². The molecule has 0 saturated carbocycles. The monoisotopic (exact) mass is 359 g/mol. The summed E-state index contributed by atoms with van der Waals surface area (Å²) in [5, 5.41) is 9.06. The van der Waals surface area contributed by atoms with E-state index in [1.54, 1.807) is 6.07 Å². The van der Waals surface area contributed by atoms with Crippen molar-refractivity contribution in [2.75, 3.05) is 0 Å². The van der Waals surface area contributed by atoms with E-state index in [9.17, 15) is 0 Å². The van der Waals surface area contributed by atoms with Gasteiger partial charge in [0.2, 0.25) is 0 Å². The summed E-state index contributed by atoms with van der Waals surface area (Å²) in [6.45, 7) is 0.681. The van der Waals surface area contributed by atoms with Crippen LogP contribution in [0.25, 0.3) is 11.0 Å². The van der Waals surface area contributed by atoms with Crippen LogP contribution in [-0.2, 0) is 12.4 Å². The Bertz CT molecular complexity index is 831. The minimum absolute atomic E-state index is 0.340. The fourth-order valence-corrected chi connectivity index (χ4v) is 2.76. The van der Waals surface area contributed by atoms with Crippen molar-refractivity contribution >= 4 is 38.6 Å². The van der Waals surface area contributed by atoms with Crippen LogP contribution < -0.4 is 0 Å². The summed E-state index contributed by atoms with van der Waals surface area (Å²) in [7, 11) is 0. The van der Waals surface area contributed by atoms with Crippen LogP contribution in [0.3, 0.4) is 0 Å². The number of benzene rings is 2. The number of aromatic nitrogens is 2. The first kappa shape index (κ1) is 14.1. The molecule has 2 aromatic carbocycles. The molecule has 0 atom stereocenters. The number of hydrogen-bond donors (Lipinski definition) is 0. The predicted octanol–water partition coefficient (Wildman–Crippen LogP) is 4.46. The molecule has 21 heavy (non-hydrogen) atoms. The molecule has 1 heterocycles. The van der Waals surface area contributed by atoms with Crippen LogP contribution >= 0.6 is 27.5 Å². The summed E-state index contributed by atoms with van der Waals surface area (Å²) in [6, 6.07) is 15.8. The van der Waals surface area contributed by atoms with Gasteiger partial charge in [-0.15, -0.1) is 11.6 Å². The van der Waals surface area contributed by atoms with E-state index in [0.29, 0.717) is 18.0 Å². The molecule has 0 fully saturated rings. The van der Waals surface area contributed by atoms with E-state index in [-0.39, 0.29) is 0 Å². The fraction of sp³-hybridized carbons (Fsp3) is 0.125. The third-order valence-electron chi connectivity index (χ3n) is 3.33. The Morgan fingerprint density at radius 1 is 1.19 bits per heavy atom. The van der Waals surface area contributed by atoms with Gasteiger partial charge in [-0.05, 0) is 35.9 Å². The van der Waals surface area contributed by atoms with Crippen LogP contribution in [0.2, 0.25) is 0 Å². The van der Waals surface area contributed by atoms with Crippen molar-refractivity contribution in [3.05, 3.63) is 63.9 Å². The zero-order valence-electron chi connectivity index (χ0n) is 11.1. The lowest BCUT2D eigenvalue weighted by Gasteiger charge is -2.08. The van der Waals surface area contributed by atoms with Crippen molar-refractivity contribution in [2.24, 2.45) is 0 Å². The molecule has 0 amide bonds. The van der Waals surface area contributed by atoms with Gasteiger partial charge in [-0.2, -0.15) is 5.26 Å². The Morgan fingerprint density at radius 2 is 1.95 bits per heavy atom. The SMILES string of the molecule is N#Cc1ccc2nc(CCl)n(Cc3ccc(Br)cc3)c2c1. The molecule has 3 rings (SSSR count). The largest absolute Gasteiger partial charge is 0.322 e. The van der Waals surface area contributed by atoms with Gasteiger partial charge in [0, 0.05) is 11.0 Å². The smallest absolute Gasteiger partial charge is 0.125 e. The fourth-order valence-electron chi connectivity index (χ4n) is 2.29. The minimum Gasteiger partial charge on any atom is -0.322 e. The summed E-state index contributed by atoms with van der Waals surface area (Å²) in [5.74, 6) is 1.15. The Kier molecular flexibility index (Phi) is 3.96. The molecule has 0 spiro atoms. The number of halogens is 2. The molecule has 0 aliphatic heterocycles. The van der Waals surface area contributed by atoms with Gasteiger partial charge >= 0.3 is 0 Å². The van der Waals surface area contributed by atoms with Crippen molar-refractivity contribution < 1.29 is 0 Å². The van der Waals surface area contributed by atoms with Crippen LogP contribution in [0.15, 0.2) is 46.9 Å². The number of imidazole rings is 1. The van der Waals surface area contributed by atoms with Gasteiger partial charge in [-0.25, -0.2) is 4.98 Å². The summed E-state index contributed by atoms with van der Waals surface area (Å²) in [4.78, 5) is 4.53. The van der Waals surface area contributed by atoms with Crippen LogP contribution in [0.1, 0.15) is 17.0 Å². The lowest BCUT2D eigenvalue weighted by Crippen LogP contribution is -2.03. The van der Waals surface area contributed by atoms with E-state index < -0.39 is 0 Å². The van der Waals surface area contributed by atoms with E-state index in [1.807, 2.05) is 24.3 Å². The van der Waals surface area contributed by atoms with Crippen LogP contribution in [-0.4, -0.2) is 9.55 Å². The number of rotatable bonds is 3. The number of fused-ring (bicyclic) bond motifs is 1. The van der Waals surface area contributed by atoms with E-state index in [1.165, 1.54) is 0 Å². The average Bonchev–Trinajstić information content (AvgIpc) is 2.86. The average molecular weight is 361 g/mol. The second-order valence-electron chi connectivity index (χ2n) is 4.69. The zero-order valence-corrected chi connectivity index (χ0v) is 13.4. The van der Waals surface area contributed by atoms with Crippen LogP contribution in [0.4, 0.5) is 0 Å². The molecular weight excluding hydrogens is 350 g/mol. The molecule has 3 nitrogen and oxygen atoms in total. The maximum Gasteiger partial charge on any atom is 0.125 e. The molecule has 0 aliphatic carbocycles. The highest BCUT2D eigenvalue weighted by atomic mass is 79.9. The van der Waals surface area contributed by atoms with Gasteiger partial charge in [0.15, 0.2) is 0 Å². The standard InChI is InChI=1S/C16H11BrClN3/c17-13-4-1-11(2-5-13)10-21-15-7-12(9-19)3-6-14(15)20-16(21)8-18/h1-7H,8,10H2. The topological polar surface area (TPSA) is 41.6 Å². The second-order valence-corrected chi connectivity index (χ2v) is 5.87. The summed E-state index contributed by atoms with van der Waals surface area (Å²) < 4.78 is 3.11. The minimum atomic E-state index is 0.340. The van der Waals surface area contributed by atoms with Crippen molar-refractivity contribution in [3.63, 3.8) is 0 Å². The quantitative estimate of drug-likeness (QED) is 0.647. The number of hydrogen-bond acceptors (Lipinski definition) is 2. The molecule has 0 N–H and O–H groups in total. The number of alkyl halides is 1. The van der Waals surface area contributed by atoms with Gasteiger partial charge in [0.25, 0.3) is 0 Å². The van der Waals surface area contributed by atoms with Crippen LogP contribution in [0.5, 0.6) is 0 Å². The molecule has 0 saturated heterocycles. The first-order valence-corrected chi connectivity index (χ1v) is 7.73. The highest BCUT2D eigenvalue weighted by molar-refractivity contribution is 9.10. The van der Waals surface area contributed by atoms with Gasteiger partial charge in [-0.3, -0.25) is 0 Å². The summed E-state index contributed by atoms with van der Waals surface area (Å²) in [5.41, 5.74) is 3.58. The molecule has 3 aromatic rings. The first-order chi connectivity index (χ1) is 10.2. The van der Waals surface area contributed by atoms with Crippen LogP contribution in [0, 0.1) is 11.3 Å². The third-order valence-corrected chi connectivity index (χ3v) is 4.10. The lowest BCUT2D eigenvalue weighted by molar-refractivity contribution is 0.778. The summed E-state index contributed by atoms with van der Waals surface area (Å²) in [6.07, 6.45) is 0. The Labute approximate surface area is 135 Å². The van der Waals surface area contributed by atoms with Gasteiger partial charge in [-0.1, -0.05) is 28.1 Å². The Morgan fingerprint density at radius 3 is 2.62 bits per heavy atom. The predicted molar refractivity (Wildman–Crippen MR) is 87.2 cm³/mol. The molecule has 0 radical (unpaired) electrons. The molecule has 104 valence electrons. The van der Waals surface area contributed by atoms with E-state index in [0.717, 1.165) is 26.9 Å². The molecule has 5 heteroatoms. The molecule has 1 aromatic heterocycles. The molecular formula is C16H11BrClN3. The van der Waals surface area contributed by atoms with Crippen molar-refractivity contribution in [2.45, 2.75) is 12.4 Å². The van der Waals surface area contributed by atoms with E-state index in [2.05, 4.69) is 43.7 Å². The highest BCUT2D eigenvalue weighted by Gasteiger charge is 2.11. The highest BCUT2D eigenvalue weighted by Crippen LogP contribution is 2.21. The third kappa shape index (κ3) is 2.80. The molecule has 0 bridgehead atoms. The number of nitrogens with zero attached hydrogens (tertiary/aromatic N) is 3. The zero-order chi connectivity index (χ0) is 14.8. The first-order valence-electron chi connectivity index (χ1n) is 6.41. The maximum absolute atomic E-state index is 9.06. The van der Waals surface area contributed by atoms with Gasteiger partial charge < -0.3 is 4.57 Å². The molecule has 0 unspecified atom stereocenters. The van der Waals surface area contributed by atoms with E-state index in [4.69, 9.17) is 16.9 Å². The van der Waals surface area contributed by atoms with Gasteiger partial charge in [0.1, 0.15) is 5.82 Å². The lowest BCUT2D eigenvalue weighted by atomic mass is 10.2. The summed E-state index contributed by atoms with van der Waals surface area (Å²) >= 11 is 9.45. The second kappa shape index (κ2) is 5.88. The van der Waals surface area contributed by atoms with Crippen molar-refractivity contribution in [3.8, 4) is 6.07 Å². The van der Waals surface area contributed by atoms with Crippen molar-refractivity contribution in [1.29, 1.82) is 5.26 Å². The van der Waals surface area contributed by atoms with Gasteiger partial charge in [0.05, 0.1) is 28.5 Å². The molecule has 0 aliphatic rings.